The van der Waals surface area contributed by atoms with Gasteiger partial charge in [0.2, 0.25) is 5.95 Å². The minimum atomic E-state index is 0.161. The number of benzene rings is 1. The molecule has 24 heavy (non-hydrogen) atoms. The largest absolute Gasteiger partial charge is 0.383 e. The first-order chi connectivity index (χ1) is 11.7. The minimum absolute atomic E-state index is 0.161. The molecule has 122 valence electrons. The van der Waals surface area contributed by atoms with E-state index >= 15 is 0 Å². The van der Waals surface area contributed by atoms with Gasteiger partial charge in [-0.2, -0.15) is 4.98 Å². The van der Waals surface area contributed by atoms with Gasteiger partial charge in [-0.1, -0.05) is 43.3 Å². The highest BCUT2D eigenvalue weighted by atomic mass is 15.1. The number of hydrogen-bond acceptors (Lipinski definition) is 5. The second kappa shape index (κ2) is 7.55. The van der Waals surface area contributed by atoms with Crippen molar-refractivity contribution in [3.05, 3.63) is 77.7 Å². The second-order valence-corrected chi connectivity index (χ2v) is 5.66. The van der Waals surface area contributed by atoms with E-state index in [-0.39, 0.29) is 5.92 Å². The highest BCUT2D eigenvalue weighted by Crippen LogP contribution is 2.27. The monoisotopic (exact) mass is 319 g/mol. The Morgan fingerprint density at radius 1 is 1.04 bits per heavy atom. The van der Waals surface area contributed by atoms with Crippen molar-refractivity contribution in [2.75, 3.05) is 17.6 Å². The summed E-state index contributed by atoms with van der Waals surface area (Å²) in [5, 5.41) is 3.20. The maximum absolute atomic E-state index is 6.14. The van der Waals surface area contributed by atoms with E-state index in [4.69, 9.17) is 5.73 Å². The molecule has 0 bridgehead atoms. The lowest BCUT2D eigenvalue weighted by molar-refractivity contribution is 0.892. The molecule has 0 saturated carbocycles. The Labute approximate surface area is 142 Å². The number of nitrogens with two attached hydrogens (primary N) is 1. The van der Waals surface area contributed by atoms with Gasteiger partial charge in [-0.25, -0.2) is 4.98 Å². The van der Waals surface area contributed by atoms with Crippen molar-refractivity contribution in [3.8, 4) is 0 Å². The molecule has 2 heterocycles. The Kier molecular flexibility index (Phi) is 5.01. The summed E-state index contributed by atoms with van der Waals surface area (Å²) >= 11 is 0. The van der Waals surface area contributed by atoms with Crippen LogP contribution in [0.25, 0.3) is 0 Å². The minimum Gasteiger partial charge on any atom is -0.383 e. The predicted octanol–water partition coefficient (Wildman–Crippen LogP) is 3.26. The van der Waals surface area contributed by atoms with Crippen molar-refractivity contribution in [3.63, 3.8) is 0 Å². The summed E-state index contributed by atoms with van der Waals surface area (Å²) in [4.78, 5) is 13.1. The Bertz CT molecular complexity index is 774. The van der Waals surface area contributed by atoms with E-state index in [1.807, 2.05) is 42.6 Å². The molecular weight excluding hydrogens is 298 g/mol. The number of aromatic nitrogens is 3. The number of pyridine rings is 1. The van der Waals surface area contributed by atoms with E-state index in [2.05, 4.69) is 39.3 Å². The van der Waals surface area contributed by atoms with Crippen molar-refractivity contribution in [1.29, 1.82) is 0 Å². The van der Waals surface area contributed by atoms with Crippen molar-refractivity contribution in [2.24, 2.45) is 0 Å². The third-order valence-electron chi connectivity index (χ3n) is 4.00. The van der Waals surface area contributed by atoms with Crippen LogP contribution in [0, 0.1) is 0 Å². The van der Waals surface area contributed by atoms with E-state index in [1.54, 1.807) is 6.20 Å². The molecule has 1 unspecified atom stereocenters. The third-order valence-corrected chi connectivity index (χ3v) is 4.00. The normalized spacial score (nSPS) is 11.9. The molecule has 3 N–H and O–H groups in total. The number of nitrogen functional groups attached to an aromatic ring is 1. The standard InChI is InChI=1S/C19H21N5/c1-14(15-7-3-2-4-8-15)17-13-23-19(24-18(17)20)22-12-10-16-9-5-6-11-21-16/h2-9,11,13-14H,10,12H2,1H3,(H3,20,22,23,24). The van der Waals surface area contributed by atoms with Gasteiger partial charge in [0.05, 0.1) is 0 Å². The van der Waals surface area contributed by atoms with Gasteiger partial charge >= 0.3 is 0 Å². The Morgan fingerprint density at radius 3 is 2.54 bits per heavy atom. The molecule has 1 aromatic carbocycles. The summed E-state index contributed by atoms with van der Waals surface area (Å²) in [5.41, 5.74) is 9.31. The second-order valence-electron chi connectivity index (χ2n) is 5.66. The fourth-order valence-electron chi connectivity index (χ4n) is 2.59. The quantitative estimate of drug-likeness (QED) is 0.729. The van der Waals surface area contributed by atoms with E-state index in [0.29, 0.717) is 18.3 Å². The van der Waals surface area contributed by atoms with Gasteiger partial charge in [0.15, 0.2) is 0 Å². The number of nitrogens with zero attached hydrogens (tertiary/aromatic N) is 3. The zero-order chi connectivity index (χ0) is 16.8. The molecule has 0 radical (unpaired) electrons. The molecule has 3 aromatic rings. The first kappa shape index (κ1) is 15.9. The number of nitrogens with one attached hydrogen (secondary N) is 1. The van der Waals surface area contributed by atoms with Crippen LogP contribution in [-0.2, 0) is 6.42 Å². The van der Waals surface area contributed by atoms with E-state index in [0.717, 1.165) is 17.7 Å². The van der Waals surface area contributed by atoms with Gasteiger partial charge in [-0.15, -0.1) is 0 Å². The molecule has 3 rings (SSSR count). The summed E-state index contributed by atoms with van der Waals surface area (Å²) < 4.78 is 0. The fourth-order valence-corrected chi connectivity index (χ4v) is 2.59. The molecule has 5 nitrogen and oxygen atoms in total. The van der Waals surface area contributed by atoms with Gasteiger partial charge < -0.3 is 11.1 Å². The van der Waals surface area contributed by atoms with Gasteiger partial charge in [0.25, 0.3) is 0 Å². The molecule has 5 heteroatoms. The van der Waals surface area contributed by atoms with Crippen LogP contribution in [0.1, 0.15) is 29.7 Å². The molecule has 0 aliphatic carbocycles. The summed E-state index contributed by atoms with van der Waals surface area (Å²) in [6.07, 6.45) is 4.42. The zero-order valence-corrected chi connectivity index (χ0v) is 13.7. The van der Waals surface area contributed by atoms with Crippen LogP contribution in [0.5, 0.6) is 0 Å². The zero-order valence-electron chi connectivity index (χ0n) is 13.7. The Morgan fingerprint density at radius 2 is 1.83 bits per heavy atom. The van der Waals surface area contributed by atoms with Gasteiger partial charge in [-0.05, 0) is 17.7 Å². The van der Waals surface area contributed by atoms with Crippen molar-refractivity contribution in [1.82, 2.24) is 15.0 Å². The molecule has 0 saturated heterocycles. The van der Waals surface area contributed by atoms with E-state index in [9.17, 15) is 0 Å². The van der Waals surface area contributed by atoms with Gasteiger partial charge in [0.1, 0.15) is 5.82 Å². The van der Waals surface area contributed by atoms with E-state index < -0.39 is 0 Å². The summed E-state index contributed by atoms with van der Waals surface area (Å²) in [6.45, 7) is 2.82. The number of anilines is 2. The van der Waals surface area contributed by atoms with Crippen LogP contribution >= 0.6 is 0 Å². The highest BCUT2D eigenvalue weighted by Gasteiger charge is 2.13. The summed E-state index contributed by atoms with van der Waals surface area (Å²) in [6, 6.07) is 16.1. The molecule has 0 aliphatic rings. The molecule has 2 aromatic heterocycles. The third kappa shape index (κ3) is 3.87. The Hall–Kier alpha value is -2.95. The summed E-state index contributed by atoms with van der Waals surface area (Å²) in [5.74, 6) is 1.22. The number of rotatable bonds is 6. The molecule has 0 spiro atoms. The van der Waals surface area contributed by atoms with E-state index in [1.165, 1.54) is 5.56 Å². The van der Waals surface area contributed by atoms with Crippen molar-refractivity contribution >= 4 is 11.8 Å². The van der Waals surface area contributed by atoms with Crippen molar-refractivity contribution in [2.45, 2.75) is 19.3 Å². The van der Waals surface area contributed by atoms with Crippen LogP contribution in [0.2, 0.25) is 0 Å². The molecule has 0 aliphatic heterocycles. The molecule has 0 fully saturated rings. The maximum atomic E-state index is 6.14. The molecule has 0 amide bonds. The number of hydrogen-bond donors (Lipinski definition) is 2. The van der Waals surface area contributed by atoms with Crippen LogP contribution < -0.4 is 11.1 Å². The Balaban J connectivity index is 1.64. The maximum Gasteiger partial charge on any atom is 0.224 e. The van der Waals surface area contributed by atoms with Crippen LogP contribution in [0.3, 0.4) is 0 Å². The van der Waals surface area contributed by atoms with Crippen LogP contribution in [-0.4, -0.2) is 21.5 Å². The van der Waals surface area contributed by atoms with Gasteiger partial charge in [0, 0.05) is 42.5 Å². The highest BCUT2D eigenvalue weighted by molar-refractivity contribution is 5.48. The molecular formula is C19H21N5. The average molecular weight is 319 g/mol. The van der Waals surface area contributed by atoms with Crippen molar-refractivity contribution < 1.29 is 0 Å². The van der Waals surface area contributed by atoms with Crippen LogP contribution in [0.15, 0.2) is 60.9 Å². The first-order valence-electron chi connectivity index (χ1n) is 8.05. The SMILES string of the molecule is CC(c1ccccc1)c1cnc(NCCc2ccccn2)nc1N. The summed E-state index contributed by atoms with van der Waals surface area (Å²) in [7, 11) is 0. The lowest BCUT2D eigenvalue weighted by atomic mass is 9.95. The van der Waals surface area contributed by atoms with Crippen LogP contribution in [0.4, 0.5) is 11.8 Å². The first-order valence-corrected chi connectivity index (χ1v) is 8.05. The molecule has 1 atom stereocenters. The smallest absolute Gasteiger partial charge is 0.224 e. The predicted molar refractivity (Wildman–Crippen MR) is 96.8 cm³/mol. The fraction of sp³-hybridized carbons (Fsp3) is 0.211. The lowest BCUT2D eigenvalue weighted by Crippen LogP contribution is -2.11. The lowest BCUT2D eigenvalue weighted by Gasteiger charge is -2.14. The topological polar surface area (TPSA) is 76.7 Å². The van der Waals surface area contributed by atoms with Gasteiger partial charge in [-0.3, -0.25) is 4.98 Å². The average Bonchev–Trinajstić information content (AvgIpc) is 2.63.